The predicted molar refractivity (Wildman–Crippen MR) is 63.6 cm³/mol. The molecule has 1 aliphatic heterocycles. The molecule has 1 unspecified atom stereocenters. The van der Waals surface area contributed by atoms with Gasteiger partial charge in [0, 0.05) is 25.6 Å². The van der Waals surface area contributed by atoms with Crippen LogP contribution in [0.1, 0.15) is 13.3 Å². The number of halogens is 1. The van der Waals surface area contributed by atoms with Crippen molar-refractivity contribution >= 4 is 11.8 Å². The van der Waals surface area contributed by atoms with Crippen LogP contribution in [-0.2, 0) is 4.74 Å². The van der Waals surface area contributed by atoms with E-state index in [2.05, 4.69) is 20.6 Å². The van der Waals surface area contributed by atoms with Gasteiger partial charge >= 0.3 is 0 Å². The second-order valence-electron chi connectivity index (χ2n) is 4.03. The van der Waals surface area contributed by atoms with Gasteiger partial charge < -0.3 is 15.4 Å². The maximum atomic E-state index is 13.4. The summed E-state index contributed by atoms with van der Waals surface area (Å²) in [5.74, 6) is 0.708. The van der Waals surface area contributed by atoms with Crippen LogP contribution in [0.15, 0.2) is 6.20 Å². The van der Waals surface area contributed by atoms with E-state index < -0.39 is 5.82 Å². The fourth-order valence-corrected chi connectivity index (χ4v) is 1.72. The zero-order valence-electron chi connectivity index (χ0n) is 9.87. The summed E-state index contributed by atoms with van der Waals surface area (Å²) in [4.78, 5) is 7.92. The summed E-state index contributed by atoms with van der Waals surface area (Å²) in [6.07, 6.45) is 2.19. The highest BCUT2D eigenvalue weighted by Crippen LogP contribution is 2.16. The number of hydrogen-bond acceptors (Lipinski definition) is 5. The van der Waals surface area contributed by atoms with Crippen LogP contribution in [0.3, 0.4) is 0 Å². The number of anilines is 2. The van der Waals surface area contributed by atoms with Crippen molar-refractivity contribution in [1.82, 2.24) is 9.97 Å². The Kier molecular flexibility index (Phi) is 4.08. The summed E-state index contributed by atoms with van der Waals surface area (Å²) in [7, 11) is 0. The number of hydrogen-bond donors (Lipinski definition) is 2. The van der Waals surface area contributed by atoms with Gasteiger partial charge in [0.15, 0.2) is 11.6 Å². The molecule has 0 spiro atoms. The van der Waals surface area contributed by atoms with Crippen molar-refractivity contribution in [3.05, 3.63) is 12.0 Å². The molecule has 0 saturated carbocycles. The molecule has 2 N–H and O–H groups in total. The molecule has 2 heterocycles. The first-order chi connectivity index (χ1) is 8.29. The molecule has 0 radical (unpaired) electrons. The van der Waals surface area contributed by atoms with Gasteiger partial charge in [0.2, 0.25) is 5.95 Å². The summed E-state index contributed by atoms with van der Waals surface area (Å²) >= 11 is 0. The Morgan fingerprint density at radius 2 is 2.41 bits per heavy atom. The topological polar surface area (TPSA) is 59.1 Å². The van der Waals surface area contributed by atoms with Gasteiger partial charge in [-0.3, -0.25) is 0 Å². The van der Waals surface area contributed by atoms with E-state index >= 15 is 0 Å². The van der Waals surface area contributed by atoms with Crippen LogP contribution in [0.25, 0.3) is 0 Å². The van der Waals surface area contributed by atoms with Crippen LogP contribution in [0.4, 0.5) is 16.2 Å². The molecule has 94 valence electrons. The average molecular weight is 240 g/mol. The molecule has 1 aromatic heterocycles. The van der Waals surface area contributed by atoms with Crippen LogP contribution in [-0.4, -0.2) is 36.3 Å². The Morgan fingerprint density at radius 3 is 3.12 bits per heavy atom. The van der Waals surface area contributed by atoms with E-state index in [0.717, 1.165) is 19.6 Å². The lowest BCUT2D eigenvalue weighted by Crippen LogP contribution is -2.16. The normalized spacial score (nSPS) is 19.3. The van der Waals surface area contributed by atoms with Gasteiger partial charge in [-0.05, 0) is 13.3 Å². The molecule has 0 aliphatic carbocycles. The number of aromatic nitrogens is 2. The van der Waals surface area contributed by atoms with Gasteiger partial charge in [0.1, 0.15) is 0 Å². The maximum absolute atomic E-state index is 13.4. The van der Waals surface area contributed by atoms with Crippen LogP contribution in [0.2, 0.25) is 0 Å². The third-order valence-corrected chi connectivity index (χ3v) is 2.66. The molecule has 17 heavy (non-hydrogen) atoms. The minimum Gasteiger partial charge on any atom is -0.381 e. The lowest BCUT2D eigenvalue weighted by Gasteiger charge is -2.11. The van der Waals surface area contributed by atoms with Crippen molar-refractivity contribution in [2.24, 2.45) is 5.92 Å². The Bertz CT molecular complexity index is 368. The second-order valence-corrected chi connectivity index (χ2v) is 4.03. The highest BCUT2D eigenvalue weighted by atomic mass is 19.1. The number of nitrogens with one attached hydrogen (secondary N) is 2. The fourth-order valence-electron chi connectivity index (χ4n) is 1.72. The standard InChI is InChI=1S/C11H17FN4O/c1-2-13-11-15-6-9(12)10(16-11)14-5-8-3-4-17-7-8/h6,8H,2-5,7H2,1H3,(H2,13,14,15,16). The van der Waals surface area contributed by atoms with E-state index in [0.29, 0.717) is 25.0 Å². The van der Waals surface area contributed by atoms with E-state index in [4.69, 9.17) is 4.74 Å². The monoisotopic (exact) mass is 240 g/mol. The molecule has 1 atom stereocenters. The molecule has 0 bridgehead atoms. The zero-order valence-corrected chi connectivity index (χ0v) is 9.87. The van der Waals surface area contributed by atoms with Gasteiger partial charge in [0.25, 0.3) is 0 Å². The Balaban J connectivity index is 1.95. The summed E-state index contributed by atoms with van der Waals surface area (Å²) in [6.45, 7) is 4.86. The Morgan fingerprint density at radius 1 is 1.53 bits per heavy atom. The van der Waals surface area contributed by atoms with E-state index in [9.17, 15) is 4.39 Å². The molecular weight excluding hydrogens is 223 g/mol. The second kappa shape index (κ2) is 5.77. The van der Waals surface area contributed by atoms with Gasteiger partial charge in [-0.1, -0.05) is 0 Å². The molecule has 0 aromatic carbocycles. The molecule has 6 heteroatoms. The molecule has 1 saturated heterocycles. The third-order valence-electron chi connectivity index (χ3n) is 2.66. The minimum absolute atomic E-state index is 0.253. The van der Waals surface area contributed by atoms with E-state index in [-0.39, 0.29) is 5.82 Å². The molecule has 1 aromatic rings. The van der Waals surface area contributed by atoms with Crippen molar-refractivity contribution in [3.8, 4) is 0 Å². The van der Waals surface area contributed by atoms with Crippen LogP contribution in [0.5, 0.6) is 0 Å². The predicted octanol–water partition coefficient (Wildman–Crippen LogP) is 1.50. The van der Waals surface area contributed by atoms with E-state index in [1.165, 1.54) is 6.20 Å². The number of rotatable bonds is 5. The molecular formula is C11H17FN4O. The Hall–Kier alpha value is -1.43. The first kappa shape index (κ1) is 12.0. The Labute approximate surface area is 99.8 Å². The maximum Gasteiger partial charge on any atom is 0.224 e. The highest BCUT2D eigenvalue weighted by molar-refractivity contribution is 5.40. The first-order valence-electron chi connectivity index (χ1n) is 5.87. The molecule has 1 aliphatic rings. The minimum atomic E-state index is -0.425. The summed E-state index contributed by atoms with van der Waals surface area (Å²) in [5.41, 5.74) is 0. The highest BCUT2D eigenvalue weighted by Gasteiger charge is 2.16. The van der Waals surface area contributed by atoms with Crippen LogP contribution < -0.4 is 10.6 Å². The lowest BCUT2D eigenvalue weighted by molar-refractivity contribution is 0.187. The quantitative estimate of drug-likeness (QED) is 0.816. The van der Waals surface area contributed by atoms with Crippen molar-refractivity contribution < 1.29 is 9.13 Å². The van der Waals surface area contributed by atoms with Gasteiger partial charge in [-0.2, -0.15) is 4.98 Å². The number of nitrogens with zero attached hydrogens (tertiary/aromatic N) is 2. The largest absolute Gasteiger partial charge is 0.381 e. The third kappa shape index (κ3) is 3.26. The first-order valence-corrected chi connectivity index (χ1v) is 5.87. The van der Waals surface area contributed by atoms with Gasteiger partial charge in [-0.15, -0.1) is 0 Å². The van der Waals surface area contributed by atoms with Crippen LogP contribution in [0, 0.1) is 11.7 Å². The molecule has 0 amide bonds. The van der Waals surface area contributed by atoms with Crippen molar-refractivity contribution in [3.63, 3.8) is 0 Å². The smallest absolute Gasteiger partial charge is 0.224 e. The van der Waals surface area contributed by atoms with Crippen LogP contribution >= 0.6 is 0 Å². The zero-order chi connectivity index (χ0) is 12.1. The van der Waals surface area contributed by atoms with Crippen molar-refractivity contribution in [2.45, 2.75) is 13.3 Å². The fraction of sp³-hybridized carbons (Fsp3) is 0.636. The summed E-state index contributed by atoms with van der Waals surface area (Å²) < 4.78 is 18.7. The van der Waals surface area contributed by atoms with Gasteiger partial charge in [0.05, 0.1) is 12.8 Å². The van der Waals surface area contributed by atoms with E-state index in [1.807, 2.05) is 6.92 Å². The van der Waals surface area contributed by atoms with Gasteiger partial charge in [-0.25, -0.2) is 9.37 Å². The number of ether oxygens (including phenoxy) is 1. The SMILES string of the molecule is CCNc1ncc(F)c(NCC2CCOC2)n1. The van der Waals surface area contributed by atoms with E-state index in [1.54, 1.807) is 0 Å². The molecule has 2 rings (SSSR count). The molecule has 1 fully saturated rings. The average Bonchev–Trinajstić information content (AvgIpc) is 2.83. The summed E-state index contributed by atoms with van der Waals surface area (Å²) in [6, 6.07) is 0. The lowest BCUT2D eigenvalue weighted by atomic mass is 10.1. The van der Waals surface area contributed by atoms with Crippen molar-refractivity contribution in [1.29, 1.82) is 0 Å². The molecule has 5 nitrogen and oxygen atoms in total. The summed E-state index contributed by atoms with van der Waals surface area (Å²) in [5, 5.41) is 5.96. The van der Waals surface area contributed by atoms with Crippen molar-refractivity contribution in [2.75, 3.05) is 36.9 Å².